The summed E-state index contributed by atoms with van der Waals surface area (Å²) in [6.07, 6.45) is 1.84. The predicted octanol–water partition coefficient (Wildman–Crippen LogP) is 2.68. The fourth-order valence-electron chi connectivity index (χ4n) is 1.72. The topological polar surface area (TPSA) is 59.6 Å². The number of hydrogen-bond donors (Lipinski definition) is 2. The highest BCUT2D eigenvalue weighted by molar-refractivity contribution is 5.88. The first-order valence-electron chi connectivity index (χ1n) is 6.05. The fraction of sp³-hybridized carbons (Fsp3) is 0.417. The van der Waals surface area contributed by atoms with Gasteiger partial charge in [0.2, 0.25) is 0 Å². The maximum atomic E-state index is 13.3. The zero-order valence-corrected chi connectivity index (χ0v) is 10.4. The Kier molecular flexibility index (Phi) is 4.80. The van der Waals surface area contributed by atoms with Crippen LogP contribution < -0.4 is 10.8 Å². The second-order valence-corrected chi connectivity index (χ2v) is 4.21. The van der Waals surface area contributed by atoms with Gasteiger partial charge in [0, 0.05) is 25.2 Å². The SMILES string of the molecule is O=C(NOC1CCCCO1)Nc1c(F)cc(F)cc1F. The lowest BCUT2D eigenvalue weighted by Gasteiger charge is -2.22. The molecule has 1 atom stereocenters. The molecule has 1 saturated heterocycles. The summed E-state index contributed by atoms with van der Waals surface area (Å²) in [6.45, 7) is 0.523. The van der Waals surface area contributed by atoms with Crippen LogP contribution in [0.15, 0.2) is 12.1 Å². The first-order valence-corrected chi connectivity index (χ1v) is 6.05. The Morgan fingerprint density at radius 2 is 1.95 bits per heavy atom. The van der Waals surface area contributed by atoms with Crippen molar-refractivity contribution in [3.05, 3.63) is 29.6 Å². The Hall–Kier alpha value is -1.80. The number of hydrogen-bond acceptors (Lipinski definition) is 3. The van der Waals surface area contributed by atoms with Crippen LogP contribution in [0.1, 0.15) is 19.3 Å². The molecule has 1 aromatic carbocycles. The number of halogens is 3. The number of urea groups is 1. The molecule has 8 heteroatoms. The van der Waals surface area contributed by atoms with Gasteiger partial charge in [0.1, 0.15) is 11.5 Å². The van der Waals surface area contributed by atoms with Crippen molar-refractivity contribution in [1.82, 2.24) is 5.48 Å². The number of benzene rings is 1. The summed E-state index contributed by atoms with van der Waals surface area (Å²) in [6, 6.07) is -0.0586. The van der Waals surface area contributed by atoms with Crippen molar-refractivity contribution in [2.45, 2.75) is 25.6 Å². The van der Waals surface area contributed by atoms with Crippen LogP contribution in [0.5, 0.6) is 0 Å². The van der Waals surface area contributed by atoms with E-state index in [4.69, 9.17) is 9.57 Å². The zero-order chi connectivity index (χ0) is 14.5. The molecule has 2 amide bonds. The van der Waals surface area contributed by atoms with Gasteiger partial charge in [-0.2, -0.15) is 0 Å². The third-order valence-electron chi connectivity index (χ3n) is 2.67. The van der Waals surface area contributed by atoms with Gasteiger partial charge in [0.25, 0.3) is 0 Å². The lowest BCUT2D eigenvalue weighted by Crippen LogP contribution is -2.36. The van der Waals surface area contributed by atoms with Gasteiger partial charge < -0.3 is 10.1 Å². The van der Waals surface area contributed by atoms with Gasteiger partial charge in [0.15, 0.2) is 17.9 Å². The predicted molar refractivity (Wildman–Crippen MR) is 63.1 cm³/mol. The molecule has 20 heavy (non-hydrogen) atoms. The minimum atomic E-state index is -1.22. The summed E-state index contributed by atoms with van der Waals surface area (Å²) in [5.41, 5.74) is 1.22. The molecule has 0 spiro atoms. The highest BCUT2D eigenvalue weighted by Gasteiger charge is 2.18. The lowest BCUT2D eigenvalue weighted by molar-refractivity contribution is -0.185. The Bertz CT molecular complexity index is 470. The van der Waals surface area contributed by atoms with Crippen LogP contribution in [0.4, 0.5) is 23.7 Å². The van der Waals surface area contributed by atoms with E-state index in [-0.39, 0.29) is 0 Å². The number of amides is 2. The number of rotatable bonds is 3. The molecule has 5 nitrogen and oxygen atoms in total. The number of anilines is 1. The van der Waals surface area contributed by atoms with Gasteiger partial charge in [-0.3, -0.25) is 0 Å². The van der Waals surface area contributed by atoms with Crippen LogP contribution >= 0.6 is 0 Å². The molecule has 2 rings (SSSR count). The zero-order valence-electron chi connectivity index (χ0n) is 10.4. The van der Waals surface area contributed by atoms with Crippen LogP contribution in [0.2, 0.25) is 0 Å². The standard InChI is InChI=1S/C12H13F3N2O3/c13-7-5-8(14)11(9(15)6-7)16-12(18)17-20-10-3-1-2-4-19-10/h5-6,10H,1-4H2,(H2,16,17,18). The van der Waals surface area contributed by atoms with E-state index < -0.39 is 35.5 Å². The smallest absolute Gasteiger partial charge is 0.343 e. The van der Waals surface area contributed by atoms with Crippen molar-refractivity contribution in [3.8, 4) is 0 Å². The monoisotopic (exact) mass is 290 g/mol. The molecular weight excluding hydrogens is 277 g/mol. The summed E-state index contributed by atoms with van der Waals surface area (Å²) in [5, 5.41) is 1.90. The Morgan fingerprint density at radius 1 is 1.25 bits per heavy atom. The number of ether oxygens (including phenoxy) is 1. The molecular formula is C12H13F3N2O3. The third kappa shape index (κ3) is 3.84. The third-order valence-corrected chi connectivity index (χ3v) is 2.67. The Morgan fingerprint density at radius 3 is 2.55 bits per heavy atom. The molecule has 110 valence electrons. The average Bonchev–Trinajstić information content (AvgIpc) is 2.42. The van der Waals surface area contributed by atoms with Crippen LogP contribution in [-0.4, -0.2) is 18.9 Å². The summed E-state index contributed by atoms with van der Waals surface area (Å²) >= 11 is 0. The maximum Gasteiger partial charge on any atom is 0.343 e. The van der Waals surface area contributed by atoms with E-state index in [1.165, 1.54) is 0 Å². The Labute approximate surface area is 113 Å². The van der Waals surface area contributed by atoms with Crippen molar-refractivity contribution in [1.29, 1.82) is 0 Å². The van der Waals surface area contributed by atoms with E-state index in [1.807, 2.05) is 10.8 Å². The molecule has 0 aliphatic carbocycles. The van der Waals surface area contributed by atoms with E-state index in [0.717, 1.165) is 12.8 Å². The van der Waals surface area contributed by atoms with E-state index in [9.17, 15) is 18.0 Å². The molecule has 2 N–H and O–H groups in total. The van der Waals surface area contributed by atoms with Crippen molar-refractivity contribution in [2.24, 2.45) is 0 Å². The Balaban J connectivity index is 1.88. The number of carbonyl (C=O) groups excluding carboxylic acids is 1. The van der Waals surface area contributed by atoms with Gasteiger partial charge in [0.05, 0.1) is 0 Å². The van der Waals surface area contributed by atoms with Crippen molar-refractivity contribution in [3.63, 3.8) is 0 Å². The summed E-state index contributed by atoms with van der Waals surface area (Å²) in [4.78, 5) is 16.3. The summed E-state index contributed by atoms with van der Waals surface area (Å²) in [7, 11) is 0. The van der Waals surface area contributed by atoms with Crippen molar-refractivity contribution in [2.75, 3.05) is 11.9 Å². The van der Waals surface area contributed by atoms with E-state index in [2.05, 4.69) is 0 Å². The van der Waals surface area contributed by atoms with Gasteiger partial charge in [-0.05, 0) is 12.8 Å². The quantitative estimate of drug-likeness (QED) is 0.841. The molecule has 0 aromatic heterocycles. The average molecular weight is 290 g/mol. The van der Waals surface area contributed by atoms with Crippen LogP contribution in [0, 0.1) is 17.5 Å². The van der Waals surface area contributed by atoms with Gasteiger partial charge in [-0.15, -0.1) is 0 Å². The van der Waals surface area contributed by atoms with Gasteiger partial charge in [-0.25, -0.2) is 28.3 Å². The molecule has 1 fully saturated rings. The molecule has 1 aliphatic heterocycles. The number of nitrogens with one attached hydrogen (secondary N) is 2. The van der Waals surface area contributed by atoms with Crippen LogP contribution in [-0.2, 0) is 9.57 Å². The highest BCUT2D eigenvalue weighted by atomic mass is 19.1. The number of carbonyl (C=O) groups is 1. The van der Waals surface area contributed by atoms with E-state index >= 15 is 0 Å². The molecule has 0 bridgehead atoms. The molecule has 0 radical (unpaired) electrons. The highest BCUT2D eigenvalue weighted by Crippen LogP contribution is 2.20. The van der Waals surface area contributed by atoms with Gasteiger partial charge >= 0.3 is 6.03 Å². The normalized spacial score (nSPS) is 18.6. The van der Waals surface area contributed by atoms with Crippen molar-refractivity contribution >= 4 is 11.7 Å². The first kappa shape index (κ1) is 14.6. The molecule has 1 unspecified atom stereocenters. The van der Waals surface area contributed by atoms with E-state index in [0.29, 0.717) is 25.2 Å². The number of hydroxylamine groups is 1. The molecule has 1 aliphatic rings. The van der Waals surface area contributed by atoms with Crippen LogP contribution in [0.3, 0.4) is 0 Å². The molecule has 1 aromatic rings. The van der Waals surface area contributed by atoms with Crippen molar-refractivity contribution < 1.29 is 27.5 Å². The molecule has 1 heterocycles. The summed E-state index contributed by atoms with van der Waals surface area (Å²) < 4.78 is 44.4. The summed E-state index contributed by atoms with van der Waals surface area (Å²) in [5.74, 6) is -3.50. The second-order valence-electron chi connectivity index (χ2n) is 4.21. The van der Waals surface area contributed by atoms with Crippen LogP contribution in [0.25, 0.3) is 0 Å². The minimum absolute atomic E-state index is 0.462. The molecule has 0 saturated carbocycles. The fourth-order valence-corrected chi connectivity index (χ4v) is 1.72. The lowest BCUT2D eigenvalue weighted by atomic mass is 10.2. The minimum Gasteiger partial charge on any atom is -0.350 e. The van der Waals surface area contributed by atoms with Gasteiger partial charge in [-0.1, -0.05) is 0 Å². The first-order chi connectivity index (χ1) is 9.56. The van der Waals surface area contributed by atoms with E-state index in [1.54, 1.807) is 0 Å². The second kappa shape index (κ2) is 6.58. The largest absolute Gasteiger partial charge is 0.350 e. The maximum absolute atomic E-state index is 13.3.